The number of amides is 1. The predicted octanol–water partition coefficient (Wildman–Crippen LogP) is 3.07. The van der Waals surface area contributed by atoms with Crippen molar-refractivity contribution in [2.24, 2.45) is 0 Å². The van der Waals surface area contributed by atoms with Crippen molar-refractivity contribution in [1.82, 2.24) is 15.1 Å². The van der Waals surface area contributed by atoms with Crippen LogP contribution in [0.4, 0.5) is 5.69 Å². The van der Waals surface area contributed by atoms with E-state index in [9.17, 15) is 9.59 Å². The fourth-order valence-electron chi connectivity index (χ4n) is 2.02. The summed E-state index contributed by atoms with van der Waals surface area (Å²) >= 11 is 1.13. The van der Waals surface area contributed by atoms with Gasteiger partial charge in [0.05, 0.1) is 5.75 Å². The van der Waals surface area contributed by atoms with Crippen molar-refractivity contribution in [3.63, 3.8) is 0 Å². The second-order valence-corrected chi connectivity index (χ2v) is 6.03. The van der Waals surface area contributed by atoms with Gasteiger partial charge in [0.2, 0.25) is 11.7 Å². The molecule has 1 N–H and O–H groups in total. The number of ketones is 1. The van der Waals surface area contributed by atoms with Crippen LogP contribution in [0.5, 0.6) is 0 Å². The van der Waals surface area contributed by atoms with Gasteiger partial charge < -0.3 is 9.84 Å². The number of rotatable bonds is 6. The molecule has 0 bridgehead atoms. The van der Waals surface area contributed by atoms with E-state index in [4.69, 9.17) is 4.52 Å². The van der Waals surface area contributed by atoms with Gasteiger partial charge in [0.1, 0.15) is 0 Å². The molecule has 0 unspecified atom stereocenters. The lowest BCUT2D eigenvalue weighted by atomic mass is 10.1. The molecule has 1 aromatic carbocycles. The Morgan fingerprint density at radius 2 is 2.12 bits per heavy atom. The summed E-state index contributed by atoms with van der Waals surface area (Å²) in [5.41, 5.74) is 1.85. The topological polar surface area (TPSA) is 98.0 Å². The number of carbonyl (C=O) groups excluding carboxylic acids is 2. The van der Waals surface area contributed by atoms with E-state index >= 15 is 0 Å². The maximum atomic E-state index is 12.0. The molecule has 0 spiro atoms. The molecule has 0 radical (unpaired) electrons. The number of thioether (sulfide) groups is 1. The van der Waals surface area contributed by atoms with Gasteiger partial charge in [0.25, 0.3) is 5.22 Å². The number of pyridine rings is 1. The quantitative estimate of drug-likeness (QED) is 0.536. The van der Waals surface area contributed by atoms with Gasteiger partial charge in [-0.3, -0.25) is 14.6 Å². The molecule has 0 fully saturated rings. The molecule has 3 rings (SSSR count). The molecule has 2 aromatic heterocycles. The summed E-state index contributed by atoms with van der Waals surface area (Å²) in [6.45, 7) is 1.48. The molecular weight excluding hydrogens is 340 g/mol. The van der Waals surface area contributed by atoms with Crippen molar-refractivity contribution in [1.29, 1.82) is 0 Å². The zero-order chi connectivity index (χ0) is 17.6. The monoisotopic (exact) mass is 354 g/mol. The number of hydrogen-bond donors (Lipinski definition) is 1. The highest BCUT2D eigenvalue weighted by Gasteiger charge is 2.12. The minimum Gasteiger partial charge on any atom is -0.327 e. The molecule has 0 saturated heterocycles. The van der Waals surface area contributed by atoms with Crippen LogP contribution in [0.3, 0.4) is 0 Å². The van der Waals surface area contributed by atoms with Crippen LogP contribution in [0.15, 0.2) is 58.5 Å². The van der Waals surface area contributed by atoms with E-state index in [0.29, 0.717) is 22.3 Å². The van der Waals surface area contributed by atoms with Crippen LogP contribution in [-0.4, -0.2) is 32.6 Å². The molecule has 8 heteroatoms. The number of nitrogens with one attached hydrogen (secondary N) is 1. The Bertz CT molecular complexity index is 896. The average Bonchev–Trinajstić information content (AvgIpc) is 3.10. The first-order valence-electron chi connectivity index (χ1n) is 7.39. The van der Waals surface area contributed by atoms with Crippen LogP contribution in [0.25, 0.3) is 11.4 Å². The minimum absolute atomic E-state index is 0.0562. The lowest BCUT2D eigenvalue weighted by molar-refractivity contribution is -0.113. The van der Waals surface area contributed by atoms with Crippen LogP contribution in [0.1, 0.15) is 17.3 Å². The summed E-state index contributed by atoms with van der Waals surface area (Å²) in [5.74, 6) is 0.246. The molecule has 0 atom stereocenters. The highest BCUT2D eigenvalue weighted by atomic mass is 32.2. The fourth-order valence-corrected chi connectivity index (χ4v) is 2.59. The Labute approximate surface area is 147 Å². The second-order valence-electron chi connectivity index (χ2n) is 5.10. The predicted molar refractivity (Wildman–Crippen MR) is 93.3 cm³/mol. The van der Waals surface area contributed by atoms with Crippen molar-refractivity contribution in [3.05, 3.63) is 54.4 Å². The molecule has 0 aliphatic rings. The van der Waals surface area contributed by atoms with Gasteiger partial charge in [0, 0.05) is 29.2 Å². The third-order valence-electron chi connectivity index (χ3n) is 3.21. The summed E-state index contributed by atoms with van der Waals surface area (Å²) in [6, 6.07) is 10.4. The van der Waals surface area contributed by atoms with Crippen LogP contribution in [0.2, 0.25) is 0 Å². The van der Waals surface area contributed by atoms with Crippen molar-refractivity contribution >= 4 is 29.1 Å². The Hall–Kier alpha value is -3.00. The number of Topliss-reactive ketones (excluding diaryl/α,β-unsaturated/α-hetero) is 1. The smallest absolute Gasteiger partial charge is 0.286 e. The number of hydrogen-bond acceptors (Lipinski definition) is 7. The standard InChI is InChI=1S/C17H14N4O3S/c1-11(22)12-4-2-6-14(8-12)19-15(23)10-25-17-20-16(21-24-17)13-5-3-7-18-9-13/h2-9H,10H2,1H3,(H,19,23). The van der Waals surface area contributed by atoms with E-state index in [-0.39, 0.29) is 17.4 Å². The van der Waals surface area contributed by atoms with Crippen molar-refractivity contribution in [2.45, 2.75) is 12.1 Å². The Kier molecular flexibility index (Phi) is 5.20. The summed E-state index contributed by atoms with van der Waals surface area (Å²) in [7, 11) is 0. The molecule has 126 valence electrons. The molecule has 0 aliphatic heterocycles. The third kappa shape index (κ3) is 4.51. The number of carbonyl (C=O) groups is 2. The summed E-state index contributed by atoms with van der Waals surface area (Å²) in [5, 5.41) is 6.89. The SMILES string of the molecule is CC(=O)c1cccc(NC(=O)CSc2nc(-c3cccnc3)no2)c1. The van der Waals surface area contributed by atoms with Gasteiger partial charge in [-0.05, 0) is 31.2 Å². The number of aromatic nitrogens is 3. The molecule has 7 nitrogen and oxygen atoms in total. The van der Waals surface area contributed by atoms with Gasteiger partial charge >= 0.3 is 0 Å². The van der Waals surface area contributed by atoms with Crippen molar-refractivity contribution in [2.75, 3.05) is 11.1 Å². The summed E-state index contributed by atoms with van der Waals surface area (Å²) in [4.78, 5) is 31.6. The molecule has 0 saturated carbocycles. The largest absolute Gasteiger partial charge is 0.327 e. The fraction of sp³-hybridized carbons (Fsp3) is 0.118. The first-order chi connectivity index (χ1) is 12.1. The zero-order valence-corrected chi connectivity index (χ0v) is 14.1. The lowest BCUT2D eigenvalue weighted by Gasteiger charge is -2.05. The normalized spacial score (nSPS) is 10.4. The Balaban J connectivity index is 1.57. The van der Waals surface area contributed by atoms with E-state index in [1.54, 1.807) is 42.7 Å². The molecule has 3 aromatic rings. The average molecular weight is 354 g/mol. The van der Waals surface area contributed by atoms with Gasteiger partial charge in [0.15, 0.2) is 5.78 Å². The molecule has 25 heavy (non-hydrogen) atoms. The Morgan fingerprint density at radius 1 is 1.24 bits per heavy atom. The van der Waals surface area contributed by atoms with Crippen LogP contribution in [-0.2, 0) is 4.79 Å². The molecule has 2 heterocycles. The van der Waals surface area contributed by atoms with E-state index in [1.165, 1.54) is 6.92 Å². The third-order valence-corrected chi connectivity index (χ3v) is 4.03. The highest BCUT2D eigenvalue weighted by molar-refractivity contribution is 7.99. The molecular formula is C17H14N4O3S. The van der Waals surface area contributed by atoms with E-state index in [1.807, 2.05) is 6.07 Å². The van der Waals surface area contributed by atoms with E-state index in [2.05, 4.69) is 20.4 Å². The first-order valence-corrected chi connectivity index (χ1v) is 8.38. The maximum absolute atomic E-state index is 12.0. The van der Waals surface area contributed by atoms with E-state index in [0.717, 1.165) is 17.3 Å². The first kappa shape index (κ1) is 16.8. The summed E-state index contributed by atoms with van der Waals surface area (Å²) in [6.07, 6.45) is 3.29. The summed E-state index contributed by atoms with van der Waals surface area (Å²) < 4.78 is 5.12. The molecule has 1 amide bonds. The second kappa shape index (κ2) is 7.71. The van der Waals surface area contributed by atoms with Crippen molar-refractivity contribution in [3.8, 4) is 11.4 Å². The van der Waals surface area contributed by atoms with Crippen LogP contribution >= 0.6 is 11.8 Å². The van der Waals surface area contributed by atoms with Crippen LogP contribution in [0, 0.1) is 0 Å². The number of benzene rings is 1. The highest BCUT2D eigenvalue weighted by Crippen LogP contribution is 2.21. The van der Waals surface area contributed by atoms with Gasteiger partial charge in [-0.25, -0.2) is 0 Å². The zero-order valence-electron chi connectivity index (χ0n) is 13.3. The van der Waals surface area contributed by atoms with Crippen LogP contribution < -0.4 is 5.32 Å². The van der Waals surface area contributed by atoms with Gasteiger partial charge in [-0.2, -0.15) is 4.98 Å². The number of nitrogens with zero attached hydrogens (tertiary/aromatic N) is 3. The molecule has 0 aliphatic carbocycles. The van der Waals surface area contributed by atoms with Gasteiger partial charge in [-0.1, -0.05) is 29.1 Å². The lowest BCUT2D eigenvalue weighted by Crippen LogP contribution is -2.14. The maximum Gasteiger partial charge on any atom is 0.286 e. The van der Waals surface area contributed by atoms with Gasteiger partial charge in [-0.15, -0.1) is 0 Å². The van der Waals surface area contributed by atoms with Crippen molar-refractivity contribution < 1.29 is 14.1 Å². The van der Waals surface area contributed by atoms with E-state index < -0.39 is 0 Å². The Morgan fingerprint density at radius 3 is 2.88 bits per heavy atom. The number of anilines is 1. The minimum atomic E-state index is -0.230.